The first-order chi connectivity index (χ1) is 11.2. The van der Waals surface area contributed by atoms with Gasteiger partial charge in [0.15, 0.2) is 0 Å². The van der Waals surface area contributed by atoms with Gasteiger partial charge in [-0.15, -0.1) is 0 Å². The van der Waals surface area contributed by atoms with Gasteiger partial charge in [-0.1, -0.05) is 25.1 Å². The lowest BCUT2D eigenvalue weighted by Crippen LogP contribution is -2.28. The Morgan fingerprint density at radius 2 is 1.91 bits per heavy atom. The van der Waals surface area contributed by atoms with E-state index in [0.29, 0.717) is 18.4 Å². The van der Waals surface area contributed by atoms with Gasteiger partial charge in [0.2, 0.25) is 0 Å². The van der Waals surface area contributed by atoms with E-state index in [-0.39, 0.29) is 0 Å². The lowest BCUT2D eigenvalue weighted by Gasteiger charge is -2.25. The first-order valence-corrected chi connectivity index (χ1v) is 8.14. The Bertz CT molecular complexity index is 702. The van der Waals surface area contributed by atoms with Gasteiger partial charge in [-0.25, -0.2) is 0 Å². The van der Waals surface area contributed by atoms with Crippen LogP contribution in [0.1, 0.15) is 25.3 Å². The molecule has 23 heavy (non-hydrogen) atoms. The molecule has 1 saturated heterocycles. The van der Waals surface area contributed by atoms with Crippen LogP contribution in [-0.4, -0.2) is 12.6 Å². The highest BCUT2D eigenvalue weighted by atomic mass is 16.5. The molecule has 0 saturated carbocycles. The number of ether oxygens (including phenoxy) is 1. The third-order valence-electron chi connectivity index (χ3n) is 4.44. The van der Waals surface area contributed by atoms with Crippen molar-refractivity contribution in [3.05, 3.63) is 54.1 Å². The normalized spacial score (nSPS) is 20.3. The molecule has 0 amide bonds. The van der Waals surface area contributed by atoms with Crippen LogP contribution in [0.15, 0.2) is 48.5 Å². The number of anilines is 1. The molecule has 0 aliphatic carbocycles. The standard InChI is InChI=1S/C20H22N2O/c1-15-13-18(11-12-21)22(14-15)17-7-9-19(10-8-17)23-20-6-4-3-5-16(20)2/h3-10,15,18H,11,13-14H2,1-2H3/t15-,18+/m0/s1. The fourth-order valence-corrected chi connectivity index (χ4v) is 3.27. The molecule has 0 N–H and O–H groups in total. The van der Waals surface area contributed by atoms with Crippen LogP contribution in [-0.2, 0) is 0 Å². The number of para-hydroxylation sites is 1. The monoisotopic (exact) mass is 306 g/mol. The van der Waals surface area contributed by atoms with E-state index in [2.05, 4.69) is 30.0 Å². The Kier molecular flexibility index (Phi) is 4.52. The molecule has 1 heterocycles. The number of hydrogen-bond acceptors (Lipinski definition) is 3. The average molecular weight is 306 g/mol. The van der Waals surface area contributed by atoms with Gasteiger partial charge >= 0.3 is 0 Å². The van der Waals surface area contributed by atoms with Crippen LogP contribution in [0.4, 0.5) is 5.69 Å². The summed E-state index contributed by atoms with van der Waals surface area (Å²) in [5.41, 5.74) is 2.30. The van der Waals surface area contributed by atoms with Crippen molar-refractivity contribution in [2.24, 2.45) is 5.92 Å². The van der Waals surface area contributed by atoms with Crippen LogP contribution in [0, 0.1) is 24.2 Å². The molecule has 2 atom stereocenters. The molecule has 3 heteroatoms. The highest BCUT2D eigenvalue weighted by molar-refractivity contribution is 5.52. The van der Waals surface area contributed by atoms with Crippen LogP contribution < -0.4 is 9.64 Å². The highest BCUT2D eigenvalue weighted by Gasteiger charge is 2.29. The van der Waals surface area contributed by atoms with Crippen molar-refractivity contribution >= 4 is 5.69 Å². The van der Waals surface area contributed by atoms with Crippen molar-refractivity contribution in [1.29, 1.82) is 5.26 Å². The molecule has 2 aromatic rings. The number of nitriles is 1. The second kappa shape index (κ2) is 6.75. The minimum atomic E-state index is 0.332. The zero-order valence-electron chi connectivity index (χ0n) is 13.7. The van der Waals surface area contributed by atoms with Gasteiger partial charge in [0.25, 0.3) is 0 Å². The van der Waals surface area contributed by atoms with E-state index in [0.717, 1.165) is 30.0 Å². The van der Waals surface area contributed by atoms with E-state index in [9.17, 15) is 0 Å². The quantitative estimate of drug-likeness (QED) is 0.804. The van der Waals surface area contributed by atoms with Gasteiger partial charge in [0, 0.05) is 18.3 Å². The first kappa shape index (κ1) is 15.4. The van der Waals surface area contributed by atoms with E-state index in [1.807, 2.05) is 43.3 Å². The summed E-state index contributed by atoms with van der Waals surface area (Å²) in [5.74, 6) is 2.36. The fourth-order valence-electron chi connectivity index (χ4n) is 3.27. The predicted octanol–water partition coefficient (Wildman–Crippen LogP) is 4.92. The third kappa shape index (κ3) is 3.48. The second-order valence-corrected chi connectivity index (χ2v) is 6.37. The summed E-state index contributed by atoms with van der Waals surface area (Å²) >= 11 is 0. The van der Waals surface area contributed by atoms with Crippen molar-refractivity contribution in [2.45, 2.75) is 32.7 Å². The molecule has 0 spiro atoms. The summed E-state index contributed by atoms with van der Waals surface area (Å²) in [6.45, 7) is 5.31. The number of rotatable bonds is 4. The van der Waals surface area contributed by atoms with Crippen molar-refractivity contribution < 1.29 is 4.74 Å². The Morgan fingerprint density at radius 3 is 2.61 bits per heavy atom. The lowest BCUT2D eigenvalue weighted by molar-refractivity contribution is 0.479. The summed E-state index contributed by atoms with van der Waals surface area (Å²) in [6, 6.07) is 18.9. The van der Waals surface area contributed by atoms with E-state index in [1.54, 1.807) is 0 Å². The molecule has 0 bridgehead atoms. The Balaban J connectivity index is 1.74. The molecule has 118 valence electrons. The van der Waals surface area contributed by atoms with E-state index in [4.69, 9.17) is 10.00 Å². The second-order valence-electron chi connectivity index (χ2n) is 6.37. The summed E-state index contributed by atoms with van der Waals surface area (Å²) in [5, 5.41) is 9.02. The highest BCUT2D eigenvalue weighted by Crippen LogP contribution is 2.32. The molecule has 1 aliphatic heterocycles. The molecule has 2 aromatic carbocycles. The van der Waals surface area contributed by atoms with Gasteiger partial charge in [0.1, 0.15) is 11.5 Å². The van der Waals surface area contributed by atoms with E-state index >= 15 is 0 Å². The zero-order valence-corrected chi connectivity index (χ0v) is 13.7. The van der Waals surface area contributed by atoms with Crippen molar-refractivity contribution in [2.75, 3.05) is 11.4 Å². The molecule has 1 fully saturated rings. The van der Waals surface area contributed by atoms with Crippen LogP contribution in [0.25, 0.3) is 0 Å². The molecule has 3 rings (SSSR count). The maximum absolute atomic E-state index is 9.02. The average Bonchev–Trinajstić information content (AvgIpc) is 2.91. The van der Waals surface area contributed by atoms with Crippen LogP contribution >= 0.6 is 0 Å². The summed E-state index contributed by atoms with van der Waals surface area (Å²) in [7, 11) is 0. The fraction of sp³-hybridized carbons (Fsp3) is 0.350. The maximum Gasteiger partial charge on any atom is 0.130 e. The minimum Gasteiger partial charge on any atom is -0.457 e. The van der Waals surface area contributed by atoms with Gasteiger partial charge < -0.3 is 9.64 Å². The van der Waals surface area contributed by atoms with E-state index in [1.165, 1.54) is 5.69 Å². The third-order valence-corrected chi connectivity index (χ3v) is 4.44. The van der Waals surface area contributed by atoms with Crippen molar-refractivity contribution in [3.63, 3.8) is 0 Å². The molecule has 0 unspecified atom stereocenters. The molecular weight excluding hydrogens is 284 g/mol. The smallest absolute Gasteiger partial charge is 0.130 e. The lowest BCUT2D eigenvalue weighted by atomic mass is 10.1. The summed E-state index contributed by atoms with van der Waals surface area (Å²) < 4.78 is 5.95. The minimum absolute atomic E-state index is 0.332. The summed E-state index contributed by atoms with van der Waals surface area (Å²) in [4.78, 5) is 2.35. The Labute approximate surface area is 138 Å². The van der Waals surface area contributed by atoms with E-state index < -0.39 is 0 Å². The zero-order chi connectivity index (χ0) is 16.2. The number of aryl methyl sites for hydroxylation is 1. The summed E-state index contributed by atoms with van der Waals surface area (Å²) in [6.07, 6.45) is 1.68. The predicted molar refractivity (Wildman–Crippen MR) is 92.8 cm³/mol. The first-order valence-electron chi connectivity index (χ1n) is 8.14. The molecule has 1 aliphatic rings. The van der Waals surface area contributed by atoms with Crippen LogP contribution in [0.3, 0.4) is 0 Å². The van der Waals surface area contributed by atoms with Gasteiger partial charge in [-0.3, -0.25) is 0 Å². The maximum atomic E-state index is 9.02. The molecule has 0 aromatic heterocycles. The van der Waals surface area contributed by atoms with Crippen molar-refractivity contribution in [1.82, 2.24) is 0 Å². The van der Waals surface area contributed by atoms with Crippen LogP contribution in [0.2, 0.25) is 0 Å². The Hall–Kier alpha value is -2.47. The number of hydrogen-bond donors (Lipinski definition) is 0. The largest absolute Gasteiger partial charge is 0.457 e. The SMILES string of the molecule is Cc1ccccc1Oc1ccc(N2C[C@@H](C)C[C@H]2CC#N)cc1. The van der Waals surface area contributed by atoms with Crippen LogP contribution in [0.5, 0.6) is 11.5 Å². The number of benzene rings is 2. The number of nitrogens with zero attached hydrogens (tertiary/aromatic N) is 2. The Morgan fingerprint density at radius 1 is 1.17 bits per heavy atom. The van der Waals surface area contributed by atoms with Crippen molar-refractivity contribution in [3.8, 4) is 17.6 Å². The molecular formula is C20H22N2O. The van der Waals surface area contributed by atoms with Gasteiger partial charge in [-0.05, 0) is 55.2 Å². The van der Waals surface area contributed by atoms with Gasteiger partial charge in [-0.2, -0.15) is 5.26 Å². The van der Waals surface area contributed by atoms with Gasteiger partial charge in [0.05, 0.1) is 12.5 Å². The molecule has 0 radical (unpaired) electrons. The topological polar surface area (TPSA) is 36.3 Å². The molecule has 3 nitrogen and oxygen atoms in total.